The average molecular weight is 452 g/mol. The number of pyridine rings is 2. The van der Waals surface area contributed by atoms with Crippen LogP contribution in [-0.4, -0.2) is 22.0 Å². The molecule has 2 amide bonds. The first-order valence-corrected chi connectivity index (χ1v) is 10.9. The van der Waals surface area contributed by atoms with Gasteiger partial charge in [-0.1, -0.05) is 24.6 Å². The lowest BCUT2D eigenvalue weighted by Crippen LogP contribution is -2.41. The lowest BCUT2D eigenvalue weighted by Gasteiger charge is -2.24. The normalized spacial score (nSPS) is 19.4. The summed E-state index contributed by atoms with van der Waals surface area (Å²) in [6.45, 7) is 3.80. The molecule has 0 bridgehead atoms. The van der Waals surface area contributed by atoms with Crippen molar-refractivity contribution in [2.75, 3.05) is 10.2 Å². The number of halogens is 3. The first-order chi connectivity index (χ1) is 15.7. The van der Waals surface area contributed by atoms with E-state index in [-0.39, 0.29) is 18.0 Å². The fourth-order valence-electron chi connectivity index (χ4n) is 5.05. The first kappa shape index (κ1) is 21.4. The Labute approximate surface area is 189 Å². The molecule has 0 radical (unpaired) electrons. The highest BCUT2D eigenvalue weighted by molar-refractivity contribution is 6.03. The number of aromatic nitrogens is 2. The number of benzene rings is 1. The Kier molecular flexibility index (Phi) is 5.11. The summed E-state index contributed by atoms with van der Waals surface area (Å²) in [5, 5.41) is 2.89. The Balaban J connectivity index is 1.52. The molecule has 3 heterocycles. The molecule has 1 fully saturated rings. The second kappa shape index (κ2) is 7.86. The number of hydrogen-bond acceptors (Lipinski definition) is 3. The molecule has 2 aliphatic rings. The van der Waals surface area contributed by atoms with Crippen LogP contribution in [0.15, 0.2) is 48.5 Å². The van der Waals surface area contributed by atoms with E-state index in [1.165, 1.54) is 6.07 Å². The molecule has 1 aliphatic carbocycles. The maximum Gasteiger partial charge on any atom is 0.416 e. The Morgan fingerprint density at radius 3 is 2.64 bits per heavy atom. The van der Waals surface area contributed by atoms with Crippen LogP contribution in [0.1, 0.15) is 47.6 Å². The topological polar surface area (TPSA) is 58.1 Å². The van der Waals surface area contributed by atoms with Crippen LogP contribution in [0.4, 0.5) is 29.6 Å². The zero-order valence-electron chi connectivity index (χ0n) is 18.3. The molecule has 5 rings (SSSR count). The predicted molar refractivity (Wildman–Crippen MR) is 120 cm³/mol. The lowest BCUT2D eigenvalue weighted by atomic mass is 9.98. The van der Waals surface area contributed by atoms with Gasteiger partial charge in [0.25, 0.3) is 0 Å². The van der Waals surface area contributed by atoms with E-state index in [0.717, 1.165) is 48.2 Å². The van der Waals surface area contributed by atoms with Crippen LogP contribution in [0.3, 0.4) is 0 Å². The number of carbonyl (C=O) groups excluding carboxylic acids is 1. The molecule has 3 aromatic rings. The highest BCUT2D eigenvalue weighted by Gasteiger charge is 2.45. The number of fused-ring (bicyclic) bond motifs is 3. The van der Waals surface area contributed by atoms with Gasteiger partial charge in [-0.3, -0.25) is 10.2 Å². The second-order valence-electron chi connectivity index (χ2n) is 8.76. The van der Waals surface area contributed by atoms with Crippen LogP contribution in [0, 0.1) is 13.8 Å². The van der Waals surface area contributed by atoms with E-state index in [1.807, 2.05) is 26.0 Å². The van der Waals surface area contributed by atoms with Gasteiger partial charge in [-0.2, -0.15) is 13.2 Å². The van der Waals surface area contributed by atoms with E-state index >= 15 is 0 Å². The number of amides is 2. The highest BCUT2D eigenvalue weighted by Crippen LogP contribution is 2.49. The molecule has 1 aliphatic heterocycles. The highest BCUT2D eigenvalue weighted by atomic mass is 19.4. The predicted octanol–water partition coefficient (Wildman–Crippen LogP) is 6.47. The summed E-state index contributed by atoms with van der Waals surface area (Å²) >= 11 is 0. The molecule has 33 heavy (non-hydrogen) atoms. The van der Waals surface area contributed by atoms with E-state index in [4.69, 9.17) is 0 Å². The minimum Gasteiger partial charge on any atom is -0.292 e. The fourth-order valence-corrected chi connectivity index (χ4v) is 5.05. The number of anilines is 2. The van der Waals surface area contributed by atoms with Crippen molar-refractivity contribution in [1.82, 2.24) is 9.97 Å². The number of aryl methyl sites for hydroxylation is 2. The molecule has 1 aromatic carbocycles. The Morgan fingerprint density at radius 2 is 1.88 bits per heavy atom. The number of nitrogens with zero attached hydrogens (tertiary/aromatic N) is 3. The van der Waals surface area contributed by atoms with Gasteiger partial charge in [-0.25, -0.2) is 14.8 Å². The number of alkyl halides is 3. The fraction of sp³-hybridized carbons (Fsp3) is 0.320. The van der Waals surface area contributed by atoms with Crippen LogP contribution in [-0.2, 0) is 6.18 Å². The van der Waals surface area contributed by atoms with Crippen molar-refractivity contribution in [2.24, 2.45) is 0 Å². The van der Waals surface area contributed by atoms with Crippen molar-refractivity contribution < 1.29 is 18.0 Å². The first-order valence-electron chi connectivity index (χ1n) is 10.9. The molecule has 2 unspecified atom stereocenters. The number of urea groups is 1. The Hall–Kier alpha value is -3.42. The second-order valence-corrected chi connectivity index (χ2v) is 8.76. The molecule has 0 saturated heterocycles. The lowest BCUT2D eigenvalue weighted by molar-refractivity contribution is -0.137. The van der Waals surface area contributed by atoms with Crippen LogP contribution < -0.4 is 10.2 Å². The number of hydrogen-bond donors (Lipinski definition) is 1. The van der Waals surface area contributed by atoms with Gasteiger partial charge in [-0.05, 0) is 62.6 Å². The number of nitrogens with one attached hydrogen (secondary N) is 1. The van der Waals surface area contributed by atoms with Crippen molar-refractivity contribution in [3.63, 3.8) is 0 Å². The zero-order valence-corrected chi connectivity index (χ0v) is 18.3. The minimum atomic E-state index is -4.44. The summed E-state index contributed by atoms with van der Waals surface area (Å²) in [7, 11) is 0. The van der Waals surface area contributed by atoms with Crippen molar-refractivity contribution in [2.45, 2.75) is 51.2 Å². The summed E-state index contributed by atoms with van der Waals surface area (Å²) in [5.41, 5.74) is 2.80. The Bertz CT molecular complexity index is 1220. The smallest absolute Gasteiger partial charge is 0.292 e. The van der Waals surface area contributed by atoms with E-state index in [0.29, 0.717) is 22.9 Å². The summed E-state index contributed by atoms with van der Waals surface area (Å²) in [4.78, 5) is 24.1. The minimum absolute atomic E-state index is 0.0184. The van der Waals surface area contributed by atoms with Crippen LogP contribution in [0.2, 0.25) is 0 Å². The van der Waals surface area contributed by atoms with Crippen molar-refractivity contribution in [3.8, 4) is 11.3 Å². The molecule has 8 heteroatoms. The monoisotopic (exact) mass is 452 g/mol. The standard InChI is InChI=1S/C25H23F3N4O/c1-14-11-15(2)29-22(12-14)31-24(33)32-21-8-4-7-18(21)19-9-10-20(30-23(19)32)16-5-3-6-17(13-16)25(26,27)28/h3,5-6,9-13,18,21H,4,7-8H2,1-2H3,(H,29,31,33). The SMILES string of the molecule is Cc1cc(C)nc(NC(=O)N2c3nc(-c4cccc(C(F)(F)F)c4)ccc3C3CCCC32)c1. The third-order valence-corrected chi connectivity index (χ3v) is 6.38. The molecular formula is C25H23F3N4O. The summed E-state index contributed by atoms with van der Waals surface area (Å²) in [6, 6.07) is 12.2. The molecule has 170 valence electrons. The summed E-state index contributed by atoms with van der Waals surface area (Å²) < 4.78 is 39.6. The molecule has 1 N–H and O–H groups in total. The molecule has 2 aromatic heterocycles. The third kappa shape index (κ3) is 3.94. The number of rotatable bonds is 2. The van der Waals surface area contributed by atoms with Gasteiger partial charge in [0.1, 0.15) is 11.6 Å². The van der Waals surface area contributed by atoms with Crippen LogP contribution in [0.25, 0.3) is 11.3 Å². The van der Waals surface area contributed by atoms with Crippen LogP contribution in [0.5, 0.6) is 0 Å². The third-order valence-electron chi connectivity index (χ3n) is 6.38. The average Bonchev–Trinajstić information content (AvgIpc) is 3.32. The van der Waals surface area contributed by atoms with Crippen LogP contribution >= 0.6 is 0 Å². The summed E-state index contributed by atoms with van der Waals surface area (Å²) in [5.74, 6) is 1.16. The van der Waals surface area contributed by atoms with Gasteiger partial charge in [-0.15, -0.1) is 0 Å². The van der Waals surface area contributed by atoms with Gasteiger partial charge in [0.05, 0.1) is 11.3 Å². The molecule has 2 atom stereocenters. The van der Waals surface area contributed by atoms with Gasteiger partial charge in [0, 0.05) is 28.8 Å². The molecule has 1 saturated carbocycles. The molecular weight excluding hydrogens is 429 g/mol. The maximum atomic E-state index is 13.4. The van der Waals surface area contributed by atoms with Crippen molar-refractivity contribution in [1.29, 1.82) is 0 Å². The quantitative estimate of drug-likeness (QED) is 0.485. The zero-order chi connectivity index (χ0) is 23.3. The van der Waals surface area contributed by atoms with E-state index in [9.17, 15) is 18.0 Å². The number of carbonyl (C=O) groups is 1. The van der Waals surface area contributed by atoms with Gasteiger partial charge in [0.15, 0.2) is 0 Å². The largest absolute Gasteiger partial charge is 0.416 e. The van der Waals surface area contributed by atoms with Gasteiger partial charge >= 0.3 is 12.2 Å². The molecule has 5 nitrogen and oxygen atoms in total. The van der Waals surface area contributed by atoms with Gasteiger partial charge < -0.3 is 0 Å². The maximum absolute atomic E-state index is 13.4. The van der Waals surface area contributed by atoms with E-state index < -0.39 is 11.7 Å². The Morgan fingerprint density at radius 1 is 1.06 bits per heavy atom. The summed E-state index contributed by atoms with van der Waals surface area (Å²) in [6.07, 6.45) is -1.62. The van der Waals surface area contributed by atoms with Gasteiger partial charge in [0.2, 0.25) is 0 Å². The van der Waals surface area contributed by atoms with Crippen molar-refractivity contribution >= 4 is 17.7 Å². The van der Waals surface area contributed by atoms with E-state index in [1.54, 1.807) is 23.1 Å². The van der Waals surface area contributed by atoms with Crippen molar-refractivity contribution in [3.05, 3.63) is 70.9 Å². The van der Waals surface area contributed by atoms with E-state index in [2.05, 4.69) is 15.3 Å². The molecule has 0 spiro atoms.